The first-order valence-corrected chi connectivity index (χ1v) is 8.68. The van der Waals surface area contributed by atoms with Crippen molar-refractivity contribution in [3.05, 3.63) is 65.2 Å². The van der Waals surface area contributed by atoms with Gasteiger partial charge in [0.25, 0.3) is 0 Å². The molecule has 0 fully saturated rings. The number of carbonyl (C=O) groups is 2. The Balaban J connectivity index is 1.86. The van der Waals surface area contributed by atoms with Crippen LogP contribution >= 0.6 is 0 Å². The van der Waals surface area contributed by atoms with Crippen molar-refractivity contribution in [2.24, 2.45) is 0 Å². The molecule has 0 aliphatic carbocycles. The lowest BCUT2D eigenvalue weighted by Gasteiger charge is -2.20. The minimum absolute atomic E-state index is 0.0606. The molecule has 5 heteroatoms. The fraction of sp³-hybridized carbons (Fsp3) is 0.333. The molecule has 2 amide bonds. The predicted molar refractivity (Wildman–Crippen MR) is 102 cm³/mol. The summed E-state index contributed by atoms with van der Waals surface area (Å²) in [5, 5.41) is 2.88. The van der Waals surface area contributed by atoms with E-state index in [1.807, 2.05) is 55.5 Å². The maximum absolute atomic E-state index is 12.2. The first-order valence-electron chi connectivity index (χ1n) is 8.68. The fourth-order valence-corrected chi connectivity index (χ4v) is 2.69. The number of rotatable bonds is 8. The van der Waals surface area contributed by atoms with Gasteiger partial charge in [-0.05, 0) is 36.6 Å². The normalized spacial score (nSPS) is 10.3. The molecule has 2 aromatic carbocycles. The summed E-state index contributed by atoms with van der Waals surface area (Å²) in [6.07, 6.45) is 0.669. The Kier molecular flexibility index (Phi) is 7.21. The predicted octanol–water partition coefficient (Wildman–Crippen LogP) is 2.71. The van der Waals surface area contributed by atoms with Gasteiger partial charge < -0.3 is 15.0 Å². The molecule has 0 atom stereocenters. The molecule has 0 radical (unpaired) electrons. The minimum Gasteiger partial charge on any atom is -0.497 e. The van der Waals surface area contributed by atoms with E-state index < -0.39 is 0 Å². The molecule has 1 N–H and O–H groups in total. The summed E-state index contributed by atoms with van der Waals surface area (Å²) in [4.78, 5) is 25.6. The van der Waals surface area contributed by atoms with E-state index in [2.05, 4.69) is 5.32 Å². The van der Waals surface area contributed by atoms with Crippen LogP contribution in [-0.4, -0.2) is 36.9 Å². The van der Waals surface area contributed by atoms with Crippen molar-refractivity contribution in [2.45, 2.75) is 26.8 Å². The third-order valence-electron chi connectivity index (χ3n) is 4.16. The fourth-order valence-electron chi connectivity index (χ4n) is 2.69. The second-order valence-electron chi connectivity index (χ2n) is 6.31. The van der Waals surface area contributed by atoms with Crippen molar-refractivity contribution in [1.29, 1.82) is 0 Å². The van der Waals surface area contributed by atoms with Crippen LogP contribution in [0, 0.1) is 6.92 Å². The Morgan fingerprint density at radius 1 is 1.08 bits per heavy atom. The second kappa shape index (κ2) is 9.61. The highest BCUT2D eigenvalue weighted by molar-refractivity contribution is 5.83. The molecule has 0 unspecified atom stereocenters. The van der Waals surface area contributed by atoms with E-state index in [-0.39, 0.29) is 18.4 Å². The highest BCUT2D eigenvalue weighted by atomic mass is 16.5. The quantitative estimate of drug-likeness (QED) is 0.793. The van der Waals surface area contributed by atoms with E-state index in [1.54, 1.807) is 12.0 Å². The number of amides is 2. The molecular weight excluding hydrogens is 328 g/mol. The minimum atomic E-state index is -0.160. The maximum Gasteiger partial charge on any atom is 0.239 e. The van der Waals surface area contributed by atoms with Gasteiger partial charge in [-0.1, -0.05) is 42.0 Å². The Bertz CT molecular complexity index is 758. The van der Waals surface area contributed by atoms with Crippen molar-refractivity contribution in [3.8, 4) is 5.75 Å². The lowest BCUT2D eigenvalue weighted by Crippen LogP contribution is -2.40. The van der Waals surface area contributed by atoms with Gasteiger partial charge >= 0.3 is 0 Å². The Hall–Kier alpha value is -2.82. The summed E-state index contributed by atoms with van der Waals surface area (Å²) in [5.74, 6) is 0.513. The molecule has 0 saturated heterocycles. The van der Waals surface area contributed by atoms with E-state index in [0.717, 1.165) is 22.4 Å². The molecule has 0 aromatic heterocycles. The van der Waals surface area contributed by atoms with Crippen LogP contribution in [0.5, 0.6) is 5.75 Å². The molecule has 0 aliphatic rings. The summed E-state index contributed by atoms with van der Waals surface area (Å²) < 4.78 is 5.21. The van der Waals surface area contributed by atoms with Gasteiger partial charge in [-0.15, -0.1) is 0 Å². The van der Waals surface area contributed by atoms with Gasteiger partial charge in [0.15, 0.2) is 0 Å². The Labute approximate surface area is 155 Å². The highest BCUT2D eigenvalue weighted by Gasteiger charge is 2.13. The van der Waals surface area contributed by atoms with Crippen LogP contribution in [0.3, 0.4) is 0 Å². The number of ether oxygens (including phenoxy) is 1. The lowest BCUT2D eigenvalue weighted by atomic mass is 10.1. The zero-order chi connectivity index (χ0) is 18.9. The smallest absolute Gasteiger partial charge is 0.239 e. The number of methoxy groups -OCH3 is 1. The topological polar surface area (TPSA) is 58.6 Å². The largest absolute Gasteiger partial charge is 0.497 e. The highest BCUT2D eigenvalue weighted by Crippen LogP contribution is 2.13. The Morgan fingerprint density at radius 2 is 1.81 bits per heavy atom. The van der Waals surface area contributed by atoms with Gasteiger partial charge in [0.1, 0.15) is 5.75 Å². The number of benzene rings is 2. The first-order chi connectivity index (χ1) is 12.5. The van der Waals surface area contributed by atoms with Crippen LogP contribution in [0.1, 0.15) is 23.6 Å². The van der Waals surface area contributed by atoms with E-state index in [0.29, 0.717) is 19.5 Å². The third-order valence-corrected chi connectivity index (χ3v) is 4.16. The molecule has 2 aromatic rings. The first kappa shape index (κ1) is 19.5. The van der Waals surface area contributed by atoms with Crippen LogP contribution in [0.25, 0.3) is 0 Å². The van der Waals surface area contributed by atoms with E-state index in [4.69, 9.17) is 4.74 Å². The van der Waals surface area contributed by atoms with E-state index in [1.165, 1.54) is 6.92 Å². The number of hydrogen-bond acceptors (Lipinski definition) is 3. The van der Waals surface area contributed by atoms with Gasteiger partial charge in [-0.25, -0.2) is 0 Å². The van der Waals surface area contributed by atoms with E-state index >= 15 is 0 Å². The van der Waals surface area contributed by atoms with Gasteiger partial charge in [0.2, 0.25) is 11.8 Å². The van der Waals surface area contributed by atoms with Gasteiger partial charge in [0, 0.05) is 20.0 Å². The molecule has 0 spiro atoms. The third kappa shape index (κ3) is 6.24. The molecule has 0 bridgehead atoms. The summed E-state index contributed by atoms with van der Waals surface area (Å²) in [7, 11) is 1.62. The van der Waals surface area contributed by atoms with Crippen molar-refractivity contribution in [3.63, 3.8) is 0 Å². The van der Waals surface area contributed by atoms with E-state index in [9.17, 15) is 9.59 Å². The van der Waals surface area contributed by atoms with Crippen LogP contribution in [0.2, 0.25) is 0 Å². The number of nitrogens with one attached hydrogen (secondary N) is 1. The summed E-state index contributed by atoms with van der Waals surface area (Å²) in [6.45, 7) is 4.51. The molecule has 2 rings (SSSR count). The zero-order valence-electron chi connectivity index (χ0n) is 15.6. The molecular formula is C21H26N2O3. The molecule has 5 nitrogen and oxygen atoms in total. The van der Waals surface area contributed by atoms with Crippen molar-refractivity contribution in [1.82, 2.24) is 10.2 Å². The molecule has 0 heterocycles. The monoisotopic (exact) mass is 354 g/mol. The average Bonchev–Trinajstić information content (AvgIpc) is 2.63. The average molecular weight is 354 g/mol. The van der Waals surface area contributed by atoms with Gasteiger partial charge in [-0.2, -0.15) is 0 Å². The Morgan fingerprint density at radius 3 is 2.50 bits per heavy atom. The molecule has 138 valence electrons. The number of aryl methyl sites for hydroxylation is 1. The lowest BCUT2D eigenvalue weighted by molar-refractivity contribution is -0.134. The van der Waals surface area contributed by atoms with Crippen molar-refractivity contribution < 1.29 is 14.3 Å². The summed E-state index contributed by atoms with van der Waals surface area (Å²) >= 11 is 0. The van der Waals surface area contributed by atoms with Crippen molar-refractivity contribution >= 4 is 11.8 Å². The van der Waals surface area contributed by atoms with Crippen LogP contribution in [0.15, 0.2) is 48.5 Å². The zero-order valence-corrected chi connectivity index (χ0v) is 15.6. The number of hydrogen-bond donors (Lipinski definition) is 1. The van der Waals surface area contributed by atoms with Gasteiger partial charge in [0.05, 0.1) is 13.7 Å². The second-order valence-corrected chi connectivity index (χ2v) is 6.31. The standard InChI is InChI=1S/C21H26N2O3/c1-16-6-4-8-19(12-16)14-22-21(25)15-23(17(2)24)11-10-18-7-5-9-20(13-18)26-3/h4-9,12-13H,10-11,14-15H2,1-3H3,(H,22,25). The van der Waals surface area contributed by atoms with Gasteiger partial charge in [-0.3, -0.25) is 9.59 Å². The SMILES string of the molecule is COc1cccc(CCN(CC(=O)NCc2cccc(C)c2)C(C)=O)c1. The molecule has 26 heavy (non-hydrogen) atoms. The summed E-state index contributed by atoms with van der Waals surface area (Å²) in [5.41, 5.74) is 3.26. The molecule has 0 saturated carbocycles. The number of carbonyl (C=O) groups excluding carboxylic acids is 2. The maximum atomic E-state index is 12.2. The van der Waals surface area contributed by atoms with Crippen LogP contribution in [0.4, 0.5) is 0 Å². The number of nitrogens with zero attached hydrogens (tertiary/aromatic N) is 1. The van der Waals surface area contributed by atoms with Crippen LogP contribution < -0.4 is 10.1 Å². The van der Waals surface area contributed by atoms with Crippen molar-refractivity contribution in [2.75, 3.05) is 20.2 Å². The summed E-state index contributed by atoms with van der Waals surface area (Å²) in [6, 6.07) is 15.7. The van der Waals surface area contributed by atoms with Crippen LogP contribution in [-0.2, 0) is 22.6 Å². The molecule has 0 aliphatic heterocycles.